The molecule has 0 atom stereocenters. The Morgan fingerprint density at radius 3 is 2.50 bits per heavy atom. The maximum absolute atomic E-state index is 5.89. The highest BCUT2D eigenvalue weighted by Crippen LogP contribution is 2.25. The van der Waals surface area contributed by atoms with E-state index >= 15 is 0 Å². The minimum absolute atomic E-state index is 0.578. The Labute approximate surface area is 110 Å². The molecular formula is C14H24N2O2. The molecule has 0 fully saturated rings. The number of hydrogen-bond acceptors (Lipinski definition) is 4. The van der Waals surface area contributed by atoms with Gasteiger partial charge in [0.25, 0.3) is 0 Å². The van der Waals surface area contributed by atoms with E-state index in [0.29, 0.717) is 12.5 Å². The summed E-state index contributed by atoms with van der Waals surface area (Å²) in [7, 11) is 3.37. The van der Waals surface area contributed by atoms with Crippen LogP contribution in [0.4, 0.5) is 11.4 Å². The van der Waals surface area contributed by atoms with Gasteiger partial charge in [0.15, 0.2) is 0 Å². The van der Waals surface area contributed by atoms with E-state index < -0.39 is 0 Å². The van der Waals surface area contributed by atoms with Crippen molar-refractivity contribution in [3.05, 3.63) is 18.2 Å². The van der Waals surface area contributed by atoms with Crippen molar-refractivity contribution in [2.75, 3.05) is 44.5 Å². The summed E-state index contributed by atoms with van der Waals surface area (Å²) in [5.41, 5.74) is 7.69. The second-order valence-electron chi connectivity index (χ2n) is 4.80. The van der Waals surface area contributed by atoms with Crippen LogP contribution in [0.1, 0.15) is 13.8 Å². The lowest BCUT2D eigenvalue weighted by molar-refractivity contribution is 0.204. The maximum atomic E-state index is 5.89. The van der Waals surface area contributed by atoms with Gasteiger partial charge in [-0.3, -0.25) is 0 Å². The molecule has 0 aromatic heterocycles. The van der Waals surface area contributed by atoms with E-state index in [1.165, 1.54) is 0 Å². The van der Waals surface area contributed by atoms with Crippen molar-refractivity contribution in [2.45, 2.75) is 13.8 Å². The molecule has 1 aromatic rings. The summed E-state index contributed by atoms with van der Waals surface area (Å²) in [5.74, 6) is 1.37. The molecule has 0 radical (unpaired) electrons. The third-order valence-electron chi connectivity index (χ3n) is 2.67. The molecule has 0 aliphatic rings. The molecular weight excluding hydrogens is 228 g/mol. The molecule has 0 saturated heterocycles. The Hall–Kier alpha value is -1.42. The fourth-order valence-electron chi connectivity index (χ4n) is 1.87. The van der Waals surface area contributed by atoms with Crippen LogP contribution < -0.4 is 15.4 Å². The minimum Gasteiger partial charge on any atom is -0.497 e. The number of methoxy groups -OCH3 is 2. The molecule has 0 spiro atoms. The summed E-state index contributed by atoms with van der Waals surface area (Å²) in [6.07, 6.45) is 0. The first-order chi connectivity index (χ1) is 8.56. The summed E-state index contributed by atoms with van der Waals surface area (Å²) >= 11 is 0. The monoisotopic (exact) mass is 252 g/mol. The van der Waals surface area contributed by atoms with Gasteiger partial charge < -0.3 is 20.1 Å². The molecule has 1 aromatic carbocycles. The Morgan fingerprint density at radius 2 is 1.94 bits per heavy atom. The fourth-order valence-corrected chi connectivity index (χ4v) is 1.87. The lowest BCUT2D eigenvalue weighted by Crippen LogP contribution is -2.31. The fraction of sp³-hybridized carbons (Fsp3) is 0.571. The quantitative estimate of drug-likeness (QED) is 0.757. The van der Waals surface area contributed by atoms with Crippen LogP contribution in [0, 0.1) is 5.92 Å². The van der Waals surface area contributed by atoms with E-state index in [-0.39, 0.29) is 0 Å². The molecule has 102 valence electrons. The molecule has 0 heterocycles. The first-order valence-electron chi connectivity index (χ1n) is 6.25. The number of nitrogens with two attached hydrogens (primary N) is 1. The van der Waals surface area contributed by atoms with Crippen LogP contribution in [-0.4, -0.2) is 33.9 Å². The van der Waals surface area contributed by atoms with E-state index in [0.717, 1.165) is 30.2 Å². The van der Waals surface area contributed by atoms with Crippen molar-refractivity contribution in [3.63, 3.8) is 0 Å². The van der Waals surface area contributed by atoms with Crippen LogP contribution in [0.15, 0.2) is 18.2 Å². The number of ether oxygens (including phenoxy) is 2. The summed E-state index contributed by atoms with van der Waals surface area (Å²) in [6.45, 7) is 6.91. The topological polar surface area (TPSA) is 47.7 Å². The van der Waals surface area contributed by atoms with Crippen molar-refractivity contribution in [3.8, 4) is 5.75 Å². The van der Waals surface area contributed by atoms with Crippen molar-refractivity contribution in [2.24, 2.45) is 5.92 Å². The van der Waals surface area contributed by atoms with Gasteiger partial charge in [-0.2, -0.15) is 0 Å². The second-order valence-corrected chi connectivity index (χ2v) is 4.80. The van der Waals surface area contributed by atoms with Crippen molar-refractivity contribution >= 4 is 11.4 Å². The van der Waals surface area contributed by atoms with Gasteiger partial charge in [0.05, 0.1) is 13.7 Å². The van der Waals surface area contributed by atoms with Crippen LogP contribution in [-0.2, 0) is 4.74 Å². The van der Waals surface area contributed by atoms with Crippen molar-refractivity contribution in [1.82, 2.24) is 0 Å². The largest absolute Gasteiger partial charge is 0.497 e. The predicted molar refractivity (Wildman–Crippen MR) is 76.3 cm³/mol. The predicted octanol–water partition coefficient (Wildman–Crippen LogP) is 2.39. The Balaban J connectivity index is 2.91. The van der Waals surface area contributed by atoms with Crippen LogP contribution in [0.5, 0.6) is 5.75 Å². The molecule has 0 bridgehead atoms. The molecule has 0 aliphatic carbocycles. The van der Waals surface area contributed by atoms with Gasteiger partial charge in [-0.25, -0.2) is 0 Å². The number of rotatable bonds is 7. The SMILES string of the molecule is COCCN(CC(C)C)c1cc(N)cc(OC)c1. The molecule has 18 heavy (non-hydrogen) atoms. The molecule has 4 nitrogen and oxygen atoms in total. The van der Waals surface area contributed by atoms with Gasteiger partial charge in [-0.15, -0.1) is 0 Å². The Kier molecular flexibility index (Phi) is 5.78. The Bertz CT molecular complexity index is 367. The molecule has 0 unspecified atom stereocenters. The van der Waals surface area contributed by atoms with Gasteiger partial charge >= 0.3 is 0 Å². The van der Waals surface area contributed by atoms with Crippen LogP contribution in [0.3, 0.4) is 0 Å². The van der Waals surface area contributed by atoms with Crippen molar-refractivity contribution < 1.29 is 9.47 Å². The molecule has 0 saturated carbocycles. The van der Waals surface area contributed by atoms with E-state index in [1.807, 2.05) is 18.2 Å². The maximum Gasteiger partial charge on any atom is 0.122 e. The summed E-state index contributed by atoms with van der Waals surface area (Å²) in [4.78, 5) is 2.27. The third kappa shape index (κ3) is 4.45. The first-order valence-corrected chi connectivity index (χ1v) is 6.25. The first kappa shape index (κ1) is 14.6. The summed E-state index contributed by atoms with van der Waals surface area (Å²) < 4.78 is 10.4. The zero-order valence-corrected chi connectivity index (χ0v) is 11.8. The second kappa shape index (κ2) is 7.11. The van der Waals surface area contributed by atoms with Gasteiger partial charge in [0.1, 0.15) is 5.75 Å². The van der Waals surface area contributed by atoms with Gasteiger partial charge in [0.2, 0.25) is 0 Å². The standard InChI is InChI=1S/C14H24N2O2/c1-11(2)10-16(5-6-17-3)13-7-12(15)8-14(9-13)18-4/h7-9,11H,5-6,10,15H2,1-4H3. The zero-order chi connectivity index (χ0) is 13.5. The molecule has 0 aliphatic heterocycles. The molecule has 1 rings (SSSR count). The van der Waals surface area contributed by atoms with Crippen molar-refractivity contribution in [1.29, 1.82) is 0 Å². The Morgan fingerprint density at radius 1 is 1.22 bits per heavy atom. The molecule has 2 N–H and O–H groups in total. The van der Waals surface area contributed by atoms with Crippen LogP contribution in [0.2, 0.25) is 0 Å². The number of anilines is 2. The number of hydrogen-bond donors (Lipinski definition) is 1. The lowest BCUT2D eigenvalue weighted by atomic mass is 10.1. The molecule has 4 heteroatoms. The lowest BCUT2D eigenvalue weighted by Gasteiger charge is -2.27. The zero-order valence-electron chi connectivity index (χ0n) is 11.8. The minimum atomic E-state index is 0.578. The van der Waals surface area contributed by atoms with Gasteiger partial charge in [-0.05, 0) is 12.0 Å². The highest BCUT2D eigenvalue weighted by Gasteiger charge is 2.10. The summed E-state index contributed by atoms with van der Waals surface area (Å²) in [6, 6.07) is 5.81. The van der Waals surface area contributed by atoms with E-state index in [2.05, 4.69) is 18.7 Å². The summed E-state index contributed by atoms with van der Waals surface area (Å²) in [5, 5.41) is 0. The molecule has 0 amide bonds. The van der Waals surface area contributed by atoms with E-state index in [4.69, 9.17) is 15.2 Å². The normalized spacial score (nSPS) is 10.7. The average Bonchev–Trinajstić information content (AvgIpc) is 2.33. The van der Waals surface area contributed by atoms with Gasteiger partial charge in [0, 0.05) is 43.7 Å². The third-order valence-corrected chi connectivity index (χ3v) is 2.67. The highest BCUT2D eigenvalue weighted by molar-refractivity contribution is 5.60. The van der Waals surface area contributed by atoms with Crippen LogP contribution >= 0.6 is 0 Å². The van der Waals surface area contributed by atoms with E-state index in [1.54, 1.807) is 14.2 Å². The van der Waals surface area contributed by atoms with Crippen LogP contribution in [0.25, 0.3) is 0 Å². The van der Waals surface area contributed by atoms with E-state index in [9.17, 15) is 0 Å². The van der Waals surface area contributed by atoms with Gasteiger partial charge in [-0.1, -0.05) is 13.8 Å². The smallest absolute Gasteiger partial charge is 0.122 e. The number of benzene rings is 1. The number of nitrogens with zero attached hydrogens (tertiary/aromatic N) is 1. The average molecular weight is 252 g/mol. The highest BCUT2D eigenvalue weighted by atomic mass is 16.5. The number of nitrogen functional groups attached to an aromatic ring is 1.